The van der Waals surface area contributed by atoms with Crippen molar-refractivity contribution in [1.82, 2.24) is 25.0 Å². The zero-order valence-corrected chi connectivity index (χ0v) is 16.8. The Morgan fingerprint density at radius 1 is 1.38 bits per heavy atom. The van der Waals surface area contributed by atoms with Crippen LogP contribution < -0.4 is 5.32 Å². The average Bonchev–Trinajstić information content (AvgIpc) is 3.14. The van der Waals surface area contributed by atoms with Crippen molar-refractivity contribution in [2.24, 2.45) is 0 Å². The fraction of sp³-hybridized carbons (Fsp3) is 0.500. The first-order valence-corrected chi connectivity index (χ1v) is 9.81. The fourth-order valence-electron chi connectivity index (χ4n) is 3.27. The summed E-state index contributed by atoms with van der Waals surface area (Å²) in [4.78, 5) is 31.0. The van der Waals surface area contributed by atoms with Crippen molar-refractivity contribution in [3.8, 4) is 5.82 Å². The molecule has 2 amide bonds. The summed E-state index contributed by atoms with van der Waals surface area (Å²) in [6.07, 6.45) is 3.88. The van der Waals surface area contributed by atoms with Crippen molar-refractivity contribution in [1.29, 1.82) is 0 Å². The highest BCUT2D eigenvalue weighted by molar-refractivity contribution is 5.95. The van der Waals surface area contributed by atoms with E-state index >= 15 is 0 Å². The summed E-state index contributed by atoms with van der Waals surface area (Å²) < 4.78 is 12.3. The molecule has 0 saturated carbocycles. The van der Waals surface area contributed by atoms with Crippen molar-refractivity contribution in [3.05, 3.63) is 41.9 Å². The van der Waals surface area contributed by atoms with E-state index in [1.54, 1.807) is 17.1 Å². The van der Waals surface area contributed by atoms with Gasteiger partial charge in [0.15, 0.2) is 5.82 Å². The number of amides is 2. The van der Waals surface area contributed by atoms with Crippen LogP contribution in [-0.2, 0) is 14.3 Å². The molecule has 1 aliphatic heterocycles. The highest BCUT2D eigenvalue weighted by atomic mass is 16.5. The summed E-state index contributed by atoms with van der Waals surface area (Å²) in [6.45, 7) is 6.14. The van der Waals surface area contributed by atoms with Gasteiger partial charge in [0.2, 0.25) is 5.91 Å². The number of pyridine rings is 1. The molecule has 0 bridgehead atoms. The van der Waals surface area contributed by atoms with Gasteiger partial charge in [0.1, 0.15) is 6.61 Å². The van der Waals surface area contributed by atoms with Gasteiger partial charge in [0, 0.05) is 25.9 Å². The molecule has 1 aliphatic rings. The number of nitrogens with zero attached hydrogens (tertiary/aromatic N) is 4. The maximum absolute atomic E-state index is 13.2. The Hall–Kier alpha value is -2.78. The number of hydrogen-bond acceptors (Lipinski definition) is 6. The molecule has 1 N–H and O–H groups in total. The molecule has 1 atom stereocenters. The monoisotopic (exact) mass is 401 g/mol. The van der Waals surface area contributed by atoms with Crippen LogP contribution in [0.2, 0.25) is 0 Å². The minimum absolute atomic E-state index is 0.0478. The van der Waals surface area contributed by atoms with Gasteiger partial charge in [0.25, 0.3) is 5.91 Å². The van der Waals surface area contributed by atoms with Gasteiger partial charge < -0.3 is 19.7 Å². The molecule has 29 heavy (non-hydrogen) atoms. The number of morpholine rings is 1. The molecule has 0 aromatic carbocycles. The van der Waals surface area contributed by atoms with E-state index < -0.39 is 0 Å². The Morgan fingerprint density at radius 2 is 2.24 bits per heavy atom. The lowest BCUT2D eigenvalue weighted by Crippen LogP contribution is -2.50. The van der Waals surface area contributed by atoms with Gasteiger partial charge in [-0.1, -0.05) is 6.07 Å². The molecule has 1 unspecified atom stereocenters. The van der Waals surface area contributed by atoms with Crippen LogP contribution >= 0.6 is 0 Å². The molecule has 9 heteroatoms. The van der Waals surface area contributed by atoms with Crippen molar-refractivity contribution >= 4 is 11.8 Å². The molecule has 2 aromatic heterocycles. The van der Waals surface area contributed by atoms with Crippen LogP contribution in [0.5, 0.6) is 0 Å². The second-order valence-electron chi connectivity index (χ2n) is 6.75. The fourth-order valence-corrected chi connectivity index (χ4v) is 3.27. The third-order valence-electron chi connectivity index (χ3n) is 4.83. The van der Waals surface area contributed by atoms with Gasteiger partial charge in [-0.25, -0.2) is 9.67 Å². The van der Waals surface area contributed by atoms with Gasteiger partial charge in [-0.05, 0) is 32.4 Å². The SMILES string of the molecule is CCOCC(=O)NCCC1COCCN1C(=O)c1cnn(-c2ccccn2)c1C. The van der Waals surface area contributed by atoms with E-state index in [0.29, 0.717) is 50.7 Å². The van der Waals surface area contributed by atoms with E-state index in [4.69, 9.17) is 9.47 Å². The molecule has 0 radical (unpaired) electrons. The second-order valence-corrected chi connectivity index (χ2v) is 6.75. The molecule has 0 aliphatic carbocycles. The summed E-state index contributed by atoms with van der Waals surface area (Å²) in [6, 6.07) is 5.45. The van der Waals surface area contributed by atoms with Crippen LogP contribution in [0.15, 0.2) is 30.6 Å². The highest BCUT2D eigenvalue weighted by Gasteiger charge is 2.30. The van der Waals surface area contributed by atoms with E-state index in [0.717, 1.165) is 5.69 Å². The predicted octanol–water partition coefficient (Wildman–Crippen LogP) is 0.960. The van der Waals surface area contributed by atoms with Gasteiger partial charge in [-0.2, -0.15) is 5.10 Å². The van der Waals surface area contributed by atoms with Crippen molar-refractivity contribution in [2.45, 2.75) is 26.3 Å². The first-order valence-electron chi connectivity index (χ1n) is 9.81. The minimum atomic E-state index is -0.158. The number of aromatic nitrogens is 3. The summed E-state index contributed by atoms with van der Waals surface area (Å²) >= 11 is 0. The van der Waals surface area contributed by atoms with Gasteiger partial charge in [-0.15, -0.1) is 0 Å². The maximum Gasteiger partial charge on any atom is 0.257 e. The largest absolute Gasteiger partial charge is 0.377 e. The normalized spacial score (nSPS) is 16.6. The number of rotatable bonds is 8. The lowest BCUT2D eigenvalue weighted by molar-refractivity contribution is -0.125. The van der Waals surface area contributed by atoms with E-state index in [1.807, 2.05) is 36.9 Å². The zero-order chi connectivity index (χ0) is 20.6. The van der Waals surface area contributed by atoms with E-state index in [1.165, 1.54) is 0 Å². The first kappa shape index (κ1) is 20.9. The summed E-state index contributed by atoms with van der Waals surface area (Å²) in [5.74, 6) is 0.423. The Kier molecular flexibility index (Phi) is 7.31. The number of nitrogens with one attached hydrogen (secondary N) is 1. The quantitative estimate of drug-likeness (QED) is 0.707. The Bertz CT molecular complexity index is 824. The van der Waals surface area contributed by atoms with Crippen LogP contribution in [0.4, 0.5) is 0 Å². The summed E-state index contributed by atoms with van der Waals surface area (Å²) in [7, 11) is 0. The van der Waals surface area contributed by atoms with Crippen LogP contribution in [-0.4, -0.2) is 77.0 Å². The van der Waals surface area contributed by atoms with Crippen molar-refractivity contribution in [2.75, 3.05) is 39.5 Å². The van der Waals surface area contributed by atoms with Gasteiger partial charge in [0.05, 0.1) is 36.7 Å². The molecule has 156 valence electrons. The lowest BCUT2D eigenvalue weighted by atomic mass is 10.1. The average molecular weight is 401 g/mol. The van der Waals surface area contributed by atoms with Crippen molar-refractivity contribution < 1.29 is 19.1 Å². The zero-order valence-electron chi connectivity index (χ0n) is 16.8. The minimum Gasteiger partial charge on any atom is -0.377 e. The van der Waals surface area contributed by atoms with Crippen LogP contribution in [0.3, 0.4) is 0 Å². The number of hydrogen-bond donors (Lipinski definition) is 1. The van der Waals surface area contributed by atoms with E-state index in [9.17, 15) is 9.59 Å². The molecule has 2 aromatic rings. The van der Waals surface area contributed by atoms with Crippen LogP contribution in [0.25, 0.3) is 5.82 Å². The molecule has 0 spiro atoms. The first-order chi connectivity index (χ1) is 14.1. The number of carbonyl (C=O) groups is 2. The molecule has 9 nitrogen and oxygen atoms in total. The van der Waals surface area contributed by atoms with Crippen LogP contribution in [0, 0.1) is 6.92 Å². The highest BCUT2D eigenvalue weighted by Crippen LogP contribution is 2.19. The molecular weight excluding hydrogens is 374 g/mol. The Labute approximate surface area is 170 Å². The molecule has 1 fully saturated rings. The molecule has 3 rings (SSSR count). The topological polar surface area (TPSA) is 98.6 Å². The third kappa shape index (κ3) is 5.18. The molecule has 3 heterocycles. The summed E-state index contributed by atoms with van der Waals surface area (Å²) in [5.41, 5.74) is 1.28. The van der Waals surface area contributed by atoms with E-state index in [2.05, 4.69) is 15.4 Å². The summed E-state index contributed by atoms with van der Waals surface area (Å²) in [5, 5.41) is 7.16. The second kappa shape index (κ2) is 10.1. The van der Waals surface area contributed by atoms with Crippen LogP contribution in [0.1, 0.15) is 29.4 Å². The number of ether oxygens (including phenoxy) is 2. The van der Waals surface area contributed by atoms with Crippen molar-refractivity contribution in [3.63, 3.8) is 0 Å². The molecule has 1 saturated heterocycles. The van der Waals surface area contributed by atoms with E-state index in [-0.39, 0.29) is 24.5 Å². The van der Waals surface area contributed by atoms with Gasteiger partial charge in [-0.3, -0.25) is 9.59 Å². The Balaban J connectivity index is 1.65. The third-order valence-corrected chi connectivity index (χ3v) is 4.83. The maximum atomic E-state index is 13.2. The van der Waals surface area contributed by atoms with Gasteiger partial charge >= 0.3 is 0 Å². The smallest absolute Gasteiger partial charge is 0.257 e. The standard InChI is InChI=1S/C20H27N5O4/c1-3-28-14-19(26)22-9-7-16-13-29-11-10-24(16)20(27)17-12-23-25(15(17)2)18-6-4-5-8-21-18/h4-6,8,12,16H,3,7,9-11,13-14H2,1-2H3,(H,22,26). The number of carbonyl (C=O) groups excluding carboxylic acids is 2. The molecular formula is C20H27N5O4. The lowest BCUT2D eigenvalue weighted by Gasteiger charge is -2.35. The Morgan fingerprint density at radius 3 is 3.00 bits per heavy atom. The predicted molar refractivity (Wildman–Crippen MR) is 106 cm³/mol.